The van der Waals surface area contributed by atoms with Gasteiger partial charge in [-0.3, -0.25) is 0 Å². The molecule has 0 saturated carbocycles. The Labute approximate surface area is 161 Å². The van der Waals surface area contributed by atoms with Crippen molar-refractivity contribution in [3.05, 3.63) is 65.0 Å². The van der Waals surface area contributed by atoms with Gasteiger partial charge >= 0.3 is 18.1 Å². The summed E-state index contributed by atoms with van der Waals surface area (Å²) in [5, 5.41) is 3.98. The molecule has 0 bridgehead atoms. The van der Waals surface area contributed by atoms with Crippen LogP contribution in [0.25, 0.3) is 5.82 Å². The molecule has 29 heavy (non-hydrogen) atoms. The number of nitrogens with zero attached hydrogens (tertiary/aromatic N) is 3. The molecule has 152 valence electrons. The Hall–Kier alpha value is -3.63. The highest BCUT2D eigenvalue weighted by atomic mass is 19.4. The first kappa shape index (κ1) is 20.1. The Morgan fingerprint density at radius 3 is 2.52 bits per heavy atom. The largest absolute Gasteiger partial charge is 0.463 e. The van der Waals surface area contributed by atoms with Crippen molar-refractivity contribution < 1.29 is 36.7 Å². The van der Waals surface area contributed by atoms with Crippen molar-refractivity contribution in [3.8, 4) is 5.82 Å². The van der Waals surface area contributed by atoms with Gasteiger partial charge in [0.05, 0.1) is 24.6 Å². The van der Waals surface area contributed by atoms with Crippen molar-refractivity contribution in [2.75, 3.05) is 7.11 Å². The number of aromatic nitrogens is 3. The van der Waals surface area contributed by atoms with Crippen LogP contribution in [0.15, 0.2) is 41.1 Å². The Kier molecular flexibility index (Phi) is 5.39. The number of esters is 2. The smallest absolute Gasteiger partial charge is 0.417 e. The Balaban J connectivity index is 1.71. The number of ether oxygens (including phenoxy) is 2. The van der Waals surface area contributed by atoms with Gasteiger partial charge in [0, 0.05) is 6.20 Å². The minimum absolute atomic E-state index is 0.0315. The molecule has 0 fully saturated rings. The van der Waals surface area contributed by atoms with Crippen molar-refractivity contribution in [1.82, 2.24) is 14.8 Å². The lowest BCUT2D eigenvalue weighted by Crippen LogP contribution is -2.09. The number of carbonyl (C=O) groups excluding carboxylic acids is 2. The van der Waals surface area contributed by atoms with E-state index >= 15 is 0 Å². The van der Waals surface area contributed by atoms with Crippen molar-refractivity contribution in [3.63, 3.8) is 0 Å². The fourth-order valence-electron chi connectivity index (χ4n) is 2.40. The number of alkyl halides is 3. The predicted molar refractivity (Wildman–Crippen MR) is 90.3 cm³/mol. The number of halogens is 3. The fourth-order valence-corrected chi connectivity index (χ4v) is 2.40. The molecule has 0 aliphatic heterocycles. The molecular weight excluding hydrogens is 395 g/mol. The van der Waals surface area contributed by atoms with E-state index in [0.29, 0.717) is 11.9 Å². The topological polar surface area (TPSA) is 96.5 Å². The predicted octanol–water partition coefficient (Wildman–Crippen LogP) is 3.33. The molecule has 3 rings (SSSR count). The number of hydrogen-bond donors (Lipinski definition) is 0. The monoisotopic (exact) mass is 409 g/mol. The third kappa shape index (κ3) is 4.28. The van der Waals surface area contributed by atoms with E-state index < -0.39 is 23.7 Å². The third-order valence-electron chi connectivity index (χ3n) is 3.92. The first-order valence-electron chi connectivity index (χ1n) is 8.13. The molecule has 0 atom stereocenters. The lowest BCUT2D eigenvalue weighted by Gasteiger charge is -2.08. The van der Waals surface area contributed by atoms with Gasteiger partial charge in [-0.1, -0.05) is 0 Å². The van der Waals surface area contributed by atoms with Gasteiger partial charge in [-0.25, -0.2) is 19.3 Å². The SMILES string of the molecule is COC(=O)c1ccc(COC(=O)c2cnn(-c3ccc(C(F)(F)F)cn3)c2C)o1. The van der Waals surface area contributed by atoms with Crippen LogP contribution >= 0.6 is 0 Å². The zero-order chi connectivity index (χ0) is 21.2. The van der Waals surface area contributed by atoms with Crippen molar-refractivity contribution in [1.29, 1.82) is 0 Å². The summed E-state index contributed by atoms with van der Waals surface area (Å²) in [5.74, 6) is -1.08. The van der Waals surface area contributed by atoms with Crippen molar-refractivity contribution >= 4 is 11.9 Å². The molecule has 3 aromatic heterocycles. The first-order valence-corrected chi connectivity index (χ1v) is 8.13. The van der Waals surface area contributed by atoms with Gasteiger partial charge in [0.1, 0.15) is 17.9 Å². The summed E-state index contributed by atoms with van der Waals surface area (Å²) in [6, 6.07) is 4.86. The highest BCUT2D eigenvalue weighted by Gasteiger charge is 2.31. The van der Waals surface area contributed by atoms with Gasteiger partial charge in [-0.2, -0.15) is 18.3 Å². The van der Waals surface area contributed by atoms with Gasteiger partial charge in [-0.05, 0) is 31.2 Å². The summed E-state index contributed by atoms with van der Waals surface area (Å²) in [4.78, 5) is 27.4. The number of furan rings is 1. The van der Waals surface area contributed by atoms with E-state index in [-0.39, 0.29) is 29.5 Å². The van der Waals surface area contributed by atoms with Gasteiger partial charge in [0.2, 0.25) is 5.76 Å². The van der Waals surface area contributed by atoms with Gasteiger partial charge in [-0.15, -0.1) is 0 Å². The minimum Gasteiger partial charge on any atom is -0.463 e. The molecule has 0 aliphatic carbocycles. The normalized spacial score (nSPS) is 11.3. The molecular formula is C18H14F3N3O5. The second-order valence-corrected chi connectivity index (χ2v) is 5.79. The summed E-state index contributed by atoms with van der Waals surface area (Å²) < 4.78 is 54.0. The average molecular weight is 409 g/mol. The van der Waals surface area contributed by atoms with Gasteiger partial charge < -0.3 is 13.9 Å². The lowest BCUT2D eigenvalue weighted by molar-refractivity contribution is -0.137. The van der Waals surface area contributed by atoms with Crippen molar-refractivity contribution in [2.45, 2.75) is 19.7 Å². The quantitative estimate of drug-likeness (QED) is 0.597. The van der Waals surface area contributed by atoms with E-state index in [4.69, 9.17) is 9.15 Å². The number of carbonyl (C=O) groups is 2. The highest BCUT2D eigenvalue weighted by Crippen LogP contribution is 2.28. The average Bonchev–Trinajstić information content (AvgIpc) is 3.32. The third-order valence-corrected chi connectivity index (χ3v) is 3.92. The van der Waals surface area contributed by atoms with E-state index in [1.54, 1.807) is 6.92 Å². The maximum absolute atomic E-state index is 12.6. The van der Waals surface area contributed by atoms with Crippen LogP contribution in [0.1, 0.15) is 37.9 Å². The molecule has 0 amide bonds. The van der Waals surface area contributed by atoms with Crippen LogP contribution in [-0.4, -0.2) is 33.8 Å². The molecule has 11 heteroatoms. The summed E-state index contributed by atoms with van der Waals surface area (Å²) in [5.41, 5.74) is -0.459. The number of pyridine rings is 1. The van der Waals surface area contributed by atoms with E-state index in [1.165, 1.54) is 30.1 Å². The maximum atomic E-state index is 12.6. The molecule has 0 saturated heterocycles. The number of rotatable bonds is 5. The van der Waals surface area contributed by atoms with Crippen LogP contribution < -0.4 is 0 Å². The molecule has 0 aliphatic rings. The Morgan fingerprint density at radius 1 is 1.14 bits per heavy atom. The molecule has 8 nitrogen and oxygen atoms in total. The van der Waals surface area contributed by atoms with E-state index in [2.05, 4.69) is 14.8 Å². The summed E-state index contributed by atoms with van der Waals surface area (Å²) in [6.07, 6.45) is -2.59. The number of methoxy groups -OCH3 is 1. The van der Waals surface area contributed by atoms with Crippen LogP contribution in [0.2, 0.25) is 0 Å². The van der Waals surface area contributed by atoms with E-state index in [9.17, 15) is 22.8 Å². The van der Waals surface area contributed by atoms with Crippen LogP contribution in [0, 0.1) is 6.92 Å². The summed E-state index contributed by atoms with van der Waals surface area (Å²) >= 11 is 0. The zero-order valence-electron chi connectivity index (χ0n) is 15.2. The van der Waals surface area contributed by atoms with Crippen LogP contribution in [0.4, 0.5) is 13.2 Å². The highest BCUT2D eigenvalue weighted by molar-refractivity contribution is 5.90. The van der Waals surface area contributed by atoms with Crippen LogP contribution in [0.5, 0.6) is 0 Å². The fraction of sp³-hybridized carbons (Fsp3) is 0.222. The second-order valence-electron chi connectivity index (χ2n) is 5.79. The second kappa shape index (κ2) is 7.78. The van der Waals surface area contributed by atoms with Gasteiger partial charge in [0.25, 0.3) is 0 Å². The Morgan fingerprint density at radius 2 is 1.90 bits per heavy atom. The molecule has 3 aromatic rings. The molecule has 0 spiro atoms. The zero-order valence-corrected chi connectivity index (χ0v) is 15.2. The summed E-state index contributed by atoms with van der Waals surface area (Å²) in [6.45, 7) is 1.31. The maximum Gasteiger partial charge on any atom is 0.417 e. The lowest BCUT2D eigenvalue weighted by atomic mass is 10.2. The Bertz CT molecular complexity index is 1040. The molecule has 0 unspecified atom stereocenters. The molecule has 0 aromatic carbocycles. The standard InChI is InChI=1S/C18H14F3N3O5/c1-10-13(16(25)28-9-12-4-5-14(29-12)17(26)27-2)8-23-24(10)15-6-3-11(7-22-15)18(19,20)21/h3-8H,9H2,1-2H3. The molecule has 0 radical (unpaired) electrons. The minimum atomic E-state index is -4.50. The van der Waals surface area contributed by atoms with Crippen molar-refractivity contribution in [2.24, 2.45) is 0 Å². The van der Waals surface area contributed by atoms with Crippen LogP contribution in [0.3, 0.4) is 0 Å². The molecule has 0 N–H and O–H groups in total. The molecule has 3 heterocycles. The first-order chi connectivity index (χ1) is 13.7. The van der Waals surface area contributed by atoms with E-state index in [1.807, 2.05) is 0 Å². The van der Waals surface area contributed by atoms with E-state index in [0.717, 1.165) is 12.1 Å². The van der Waals surface area contributed by atoms with Crippen LogP contribution in [-0.2, 0) is 22.3 Å². The number of hydrogen-bond acceptors (Lipinski definition) is 7. The van der Waals surface area contributed by atoms with Gasteiger partial charge in [0.15, 0.2) is 5.82 Å². The summed E-state index contributed by atoms with van der Waals surface area (Å²) in [7, 11) is 1.20.